The number of rotatable bonds is 3. The highest BCUT2D eigenvalue weighted by molar-refractivity contribution is 5.15. The number of hydrogen-bond donors (Lipinski definition) is 1. The molecule has 104 valence electrons. The molecule has 0 amide bonds. The molecule has 0 aliphatic heterocycles. The molecule has 0 radical (unpaired) electrons. The molecule has 0 aromatic rings. The van der Waals surface area contributed by atoms with E-state index >= 15 is 0 Å². The molecule has 2 N–H and O–H groups in total. The van der Waals surface area contributed by atoms with Crippen LogP contribution in [0.5, 0.6) is 0 Å². The van der Waals surface area contributed by atoms with Crippen molar-refractivity contribution in [1.82, 2.24) is 4.90 Å². The quantitative estimate of drug-likeness (QED) is 0.834. The Hall–Kier alpha value is -0.0800. The van der Waals surface area contributed by atoms with Gasteiger partial charge in [-0.1, -0.05) is 13.8 Å². The topological polar surface area (TPSA) is 29.3 Å². The van der Waals surface area contributed by atoms with Crippen molar-refractivity contribution < 1.29 is 0 Å². The summed E-state index contributed by atoms with van der Waals surface area (Å²) in [5, 5.41) is 0. The van der Waals surface area contributed by atoms with Crippen LogP contribution in [0.25, 0.3) is 0 Å². The van der Waals surface area contributed by atoms with Crippen LogP contribution in [0.3, 0.4) is 0 Å². The first-order valence-corrected chi connectivity index (χ1v) is 7.70. The highest BCUT2D eigenvalue weighted by Gasteiger charge is 2.62. The van der Waals surface area contributed by atoms with E-state index in [1.807, 2.05) is 0 Å². The SMILES string of the molecule is CN(C)C12CC3CC(C1)CC(C(C)(C)CN)(C3)C2. The molecule has 2 heteroatoms. The fraction of sp³-hybridized carbons (Fsp3) is 1.00. The van der Waals surface area contributed by atoms with E-state index in [9.17, 15) is 0 Å². The normalized spacial score (nSPS) is 47.0. The Bertz CT molecular complexity index is 331. The Kier molecular flexibility index (Phi) is 2.68. The average molecular weight is 250 g/mol. The summed E-state index contributed by atoms with van der Waals surface area (Å²) in [6.45, 7) is 5.68. The van der Waals surface area contributed by atoms with Crippen LogP contribution in [0.4, 0.5) is 0 Å². The summed E-state index contributed by atoms with van der Waals surface area (Å²) in [6.07, 6.45) is 8.67. The predicted octanol–water partition coefficient (Wildman–Crippen LogP) is 2.87. The maximum atomic E-state index is 6.13. The molecule has 2 nitrogen and oxygen atoms in total. The second-order valence-corrected chi connectivity index (χ2v) is 8.45. The van der Waals surface area contributed by atoms with Crippen molar-refractivity contribution in [3.8, 4) is 0 Å². The van der Waals surface area contributed by atoms with Crippen LogP contribution in [0.2, 0.25) is 0 Å². The van der Waals surface area contributed by atoms with Crippen molar-refractivity contribution in [3.05, 3.63) is 0 Å². The van der Waals surface area contributed by atoms with E-state index in [2.05, 4.69) is 32.8 Å². The molecule has 0 heterocycles. The van der Waals surface area contributed by atoms with E-state index < -0.39 is 0 Å². The smallest absolute Gasteiger partial charge is 0.0214 e. The van der Waals surface area contributed by atoms with Gasteiger partial charge in [0.05, 0.1) is 0 Å². The fourth-order valence-corrected chi connectivity index (χ4v) is 5.75. The summed E-state index contributed by atoms with van der Waals surface area (Å²) >= 11 is 0. The molecule has 18 heavy (non-hydrogen) atoms. The summed E-state index contributed by atoms with van der Waals surface area (Å²) in [5.41, 5.74) is 7.47. The molecule has 4 saturated carbocycles. The van der Waals surface area contributed by atoms with Crippen LogP contribution in [0.15, 0.2) is 0 Å². The maximum absolute atomic E-state index is 6.13. The molecule has 4 bridgehead atoms. The zero-order valence-corrected chi connectivity index (χ0v) is 12.6. The van der Waals surface area contributed by atoms with E-state index in [1.165, 1.54) is 38.5 Å². The van der Waals surface area contributed by atoms with Crippen molar-refractivity contribution in [2.75, 3.05) is 20.6 Å². The Labute approximate surface area is 112 Å². The minimum Gasteiger partial charge on any atom is -0.330 e. The van der Waals surface area contributed by atoms with Gasteiger partial charge in [0.25, 0.3) is 0 Å². The van der Waals surface area contributed by atoms with Gasteiger partial charge in [-0.25, -0.2) is 0 Å². The lowest BCUT2D eigenvalue weighted by atomic mass is 9.41. The van der Waals surface area contributed by atoms with Gasteiger partial charge in [0, 0.05) is 5.54 Å². The van der Waals surface area contributed by atoms with Crippen LogP contribution in [0, 0.1) is 22.7 Å². The van der Waals surface area contributed by atoms with E-state index in [4.69, 9.17) is 5.73 Å². The molecule has 0 aromatic heterocycles. The van der Waals surface area contributed by atoms with Crippen molar-refractivity contribution in [1.29, 1.82) is 0 Å². The van der Waals surface area contributed by atoms with E-state index in [-0.39, 0.29) is 0 Å². The summed E-state index contributed by atoms with van der Waals surface area (Å²) in [7, 11) is 4.60. The molecule has 0 saturated heterocycles. The van der Waals surface area contributed by atoms with Crippen molar-refractivity contribution in [2.45, 2.75) is 57.9 Å². The lowest BCUT2D eigenvalue weighted by molar-refractivity contribution is -0.163. The standard InChI is InChI=1S/C16H30N2/c1-14(2,11-17)15-6-12-5-13(7-15)9-16(8-12,10-15)18(3)4/h12-13H,5-11,17H2,1-4H3. The van der Waals surface area contributed by atoms with Gasteiger partial charge in [-0.05, 0) is 81.8 Å². The molecule has 2 atom stereocenters. The third-order valence-electron chi connectivity index (χ3n) is 6.92. The average Bonchev–Trinajstić information content (AvgIpc) is 2.26. The molecule has 4 aliphatic rings. The Morgan fingerprint density at radius 1 is 1.11 bits per heavy atom. The Balaban J connectivity index is 1.99. The second kappa shape index (κ2) is 3.73. The summed E-state index contributed by atoms with van der Waals surface area (Å²) < 4.78 is 0. The van der Waals surface area contributed by atoms with Crippen LogP contribution in [-0.2, 0) is 0 Å². The molecular weight excluding hydrogens is 220 g/mol. The van der Waals surface area contributed by atoms with Crippen LogP contribution < -0.4 is 5.73 Å². The molecule has 4 aliphatic carbocycles. The molecule has 2 unspecified atom stereocenters. The minimum atomic E-state index is 0.312. The monoisotopic (exact) mass is 250 g/mol. The van der Waals surface area contributed by atoms with Crippen LogP contribution in [-0.4, -0.2) is 31.1 Å². The van der Waals surface area contributed by atoms with Gasteiger partial charge >= 0.3 is 0 Å². The second-order valence-electron chi connectivity index (χ2n) is 8.45. The fourth-order valence-electron chi connectivity index (χ4n) is 5.75. The molecule has 4 fully saturated rings. The van der Waals surface area contributed by atoms with E-state index in [1.54, 1.807) is 0 Å². The van der Waals surface area contributed by atoms with Crippen molar-refractivity contribution in [3.63, 3.8) is 0 Å². The van der Waals surface area contributed by atoms with Gasteiger partial charge in [0.2, 0.25) is 0 Å². The van der Waals surface area contributed by atoms with E-state index in [0.29, 0.717) is 16.4 Å². The summed E-state index contributed by atoms with van der Waals surface area (Å²) in [4.78, 5) is 2.55. The Morgan fingerprint density at radius 3 is 2.11 bits per heavy atom. The largest absolute Gasteiger partial charge is 0.330 e. The van der Waals surface area contributed by atoms with Gasteiger partial charge < -0.3 is 10.6 Å². The maximum Gasteiger partial charge on any atom is 0.0214 e. The van der Waals surface area contributed by atoms with Gasteiger partial charge in [-0.15, -0.1) is 0 Å². The lowest BCUT2D eigenvalue weighted by Crippen LogP contribution is -2.65. The number of nitrogens with zero attached hydrogens (tertiary/aromatic N) is 1. The third-order valence-corrected chi connectivity index (χ3v) is 6.92. The molecule has 0 aromatic carbocycles. The minimum absolute atomic E-state index is 0.312. The highest BCUT2D eigenvalue weighted by Crippen LogP contribution is 2.67. The van der Waals surface area contributed by atoms with Crippen LogP contribution in [0.1, 0.15) is 52.4 Å². The zero-order chi connectivity index (χ0) is 13.2. The Morgan fingerprint density at radius 2 is 1.67 bits per heavy atom. The first kappa shape index (κ1) is 12.9. The summed E-state index contributed by atoms with van der Waals surface area (Å²) in [5.74, 6) is 1.94. The number of hydrogen-bond acceptors (Lipinski definition) is 2. The van der Waals surface area contributed by atoms with Gasteiger partial charge in [-0.2, -0.15) is 0 Å². The highest BCUT2D eigenvalue weighted by atomic mass is 15.2. The van der Waals surface area contributed by atoms with Crippen LogP contribution >= 0.6 is 0 Å². The number of nitrogens with two attached hydrogens (primary N) is 1. The molecular formula is C16H30N2. The molecule has 4 rings (SSSR count). The van der Waals surface area contributed by atoms with Crippen molar-refractivity contribution >= 4 is 0 Å². The predicted molar refractivity (Wildman–Crippen MR) is 76.4 cm³/mol. The first-order valence-electron chi connectivity index (χ1n) is 7.70. The van der Waals surface area contributed by atoms with Gasteiger partial charge in [0.15, 0.2) is 0 Å². The summed E-state index contributed by atoms with van der Waals surface area (Å²) in [6, 6.07) is 0. The first-order chi connectivity index (χ1) is 8.32. The molecule has 0 spiro atoms. The van der Waals surface area contributed by atoms with Gasteiger partial charge in [0.1, 0.15) is 0 Å². The van der Waals surface area contributed by atoms with Gasteiger partial charge in [-0.3, -0.25) is 0 Å². The third kappa shape index (κ3) is 1.54. The van der Waals surface area contributed by atoms with Crippen molar-refractivity contribution in [2.24, 2.45) is 28.4 Å². The lowest BCUT2D eigenvalue weighted by Gasteiger charge is -2.68. The zero-order valence-electron chi connectivity index (χ0n) is 12.6. The van der Waals surface area contributed by atoms with E-state index in [0.717, 1.165) is 18.4 Å².